The highest BCUT2D eigenvalue weighted by Gasteiger charge is 2.26. The number of benzene rings is 1. The van der Waals surface area contributed by atoms with Crippen LogP contribution in [0.3, 0.4) is 0 Å². The molecule has 2 aliphatic rings. The van der Waals surface area contributed by atoms with E-state index in [0.29, 0.717) is 6.42 Å². The van der Waals surface area contributed by atoms with Gasteiger partial charge in [-0.05, 0) is 37.1 Å². The molecule has 2 unspecified atom stereocenters. The first-order valence-electron chi connectivity index (χ1n) is 10.2. The van der Waals surface area contributed by atoms with E-state index in [-0.39, 0.29) is 24.4 Å². The topological polar surface area (TPSA) is 59.5 Å². The van der Waals surface area contributed by atoms with Crippen LogP contribution >= 0.6 is 0 Å². The molecule has 0 radical (unpaired) electrons. The molecule has 2 atom stereocenters. The Morgan fingerprint density at radius 3 is 2.66 bits per heavy atom. The molecule has 1 saturated heterocycles. The molecule has 0 amide bonds. The van der Waals surface area contributed by atoms with Crippen molar-refractivity contribution in [3.8, 4) is 5.88 Å². The maximum absolute atomic E-state index is 14.0. The first-order chi connectivity index (χ1) is 14.2. The molecule has 2 aromatic rings. The number of alkyl halides is 1. The van der Waals surface area contributed by atoms with Crippen molar-refractivity contribution in [3.05, 3.63) is 36.3 Å². The minimum atomic E-state index is -0.892. The lowest BCUT2D eigenvalue weighted by Gasteiger charge is -2.28. The maximum atomic E-state index is 14.0. The quantitative estimate of drug-likeness (QED) is 0.782. The average Bonchev–Trinajstić information content (AvgIpc) is 2.76. The van der Waals surface area contributed by atoms with Crippen molar-refractivity contribution in [3.63, 3.8) is 0 Å². The van der Waals surface area contributed by atoms with E-state index in [9.17, 15) is 8.78 Å². The number of rotatable bonds is 6. The third-order valence-electron chi connectivity index (χ3n) is 5.46. The van der Waals surface area contributed by atoms with Crippen LogP contribution in [0.4, 0.5) is 26.1 Å². The van der Waals surface area contributed by atoms with Crippen molar-refractivity contribution in [2.75, 3.05) is 43.1 Å². The smallest absolute Gasteiger partial charge is 0.255 e. The van der Waals surface area contributed by atoms with Crippen LogP contribution in [0.2, 0.25) is 0 Å². The summed E-state index contributed by atoms with van der Waals surface area (Å²) >= 11 is 0. The van der Waals surface area contributed by atoms with Crippen molar-refractivity contribution in [1.82, 2.24) is 9.97 Å². The van der Waals surface area contributed by atoms with Crippen molar-refractivity contribution in [1.29, 1.82) is 0 Å². The van der Waals surface area contributed by atoms with Gasteiger partial charge in [0.2, 0.25) is 11.8 Å². The lowest BCUT2D eigenvalue weighted by molar-refractivity contribution is 0.107. The summed E-state index contributed by atoms with van der Waals surface area (Å²) in [6.45, 7) is 3.33. The number of morpholine rings is 1. The molecule has 1 aromatic carbocycles. The van der Waals surface area contributed by atoms with Gasteiger partial charge in [-0.15, -0.1) is 0 Å². The van der Waals surface area contributed by atoms with E-state index in [0.717, 1.165) is 63.1 Å². The molecule has 0 bridgehead atoms. The standard InChI is InChI=1S/C21H26F2N4O2/c22-18-4-2-1-3-15(18)14-29-20-19(23)13-24-21(26-20)25-16-5-7-17(8-6-16)27-9-11-28-12-10-27/h5-8,13,15,18H,1-4,9-12,14H2,(H,24,25,26). The van der Waals surface area contributed by atoms with Gasteiger partial charge in [-0.3, -0.25) is 0 Å². The van der Waals surface area contributed by atoms with E-state index in [1.165, 1.54) is 0 Å². The van der Waals surface area contributed by atoms with Gasteiger partial charge in [-0.25, -0.2) is 9.37 Å². The van der Waals surface area contributed by atoms with Crippen molar-refractivity contribution in [2.24, 2.45) is 5.92 Å². The van der Waals surface area contributed by atoms with Gasteiger partial charge in [0, 0.05) is 30.4 Å². The van der Waals surface area contributed by atoms with E-state index in [1.807, 2.05) is 24.3 Å². The minimum absolute atomic E-state index is 0.128. The SMILES string of the molecule is Fc1cnc(Nc2ccc(N3CCOCC3)cc2)nc1OCC1CCCCC1F. The number of nitrogens with zero attached hydrogens (tertiary/aromatic N) is 3. The molecular formula is C21H26F2N4O2. The lowest BCUT2D eigenvalue weighted by Crippen LogP contribution is -2.36. The van der Waals surface area contributed by atoms with Gasteiger partial charge in [-0.1, -0.05) is 12.8 Å². The van der Waals surface area contributed by atoms with Gasteiger partial charge >= 0.3 is 0 Å². The van der Waals surface area contributed by atoms with E-state index < -0.39 is 12.0 Å². The Hall–Kier alpha value is -2.48. The molecule has 0 spiro atoms. The molecule has 1 aliphatic heterocycles. The molecule has 8 heteroatoms. The van der Waals surface area contributed by atoms with Gasteiger partial charge in [-0.2, -0.15) is 9.37 Å². The predicted molar refractivity (Wildman–Crippen MR) is 107 cm³/mol. The highest BCUT2D eigenvalue weighted by atomic mass is 19.1. The van der Waals surface area contributed by atoms with Crippen LogP contribution in [0.5, 0.6) is 5.88 Å². The second-order valence-electron chi connectivity index (χ2n) is 7.49. The monoisotopic (exact) mass is 404 g/mol. The van der Waals surface area contributed by atoms with E-state index >= 15 is 0 Å². The van der Waals surface area contributed by atoms with E-state index in [1.54, 1.807) is 0 Å². The summed E-state index contributed by atoms with van der Waals surface area (Å²) in [5.41, 5.74) is 1.91. The lowest BCUT2D eigenvalue weighted by atomic mass is 9.88. The Labute approximate surface area is 169 Å². The van der Waals surface area contributed by atoms with Crippen molar-refractivity contribution < 1.29 is 18.3 Å². The van der Waals surface area contributed by atoms with Crippen LogP contribution in [0, 0.1) is 11.7 Å². The normalized spacial score (nSPS) is 22.3. The van der Waals surface area contributed by atoms with Crippen LogP contribution in [0.15, 0.2) is 30.5 Å². The maximum Gasteiger partial charge on any atom is 0.255 e. The van der Waals surface area contributed by atoms with E-state index in [2.05, 4.69) is 20.2 Å². The van der Waals surface area contributed by atoms with Gasteiger partial charge in [0.25, 0.3) is 5.88 Å². The Bertz CT molecular complexity index is 800. The molecule has 1 aromatic heterocycles. The number of anilines is 3. The number of nitrogens with one attached hydrogen (secondary N) is 1. The number of halogens is 2. The fourth-order valence-corrected chi connectivity index (χ4v) is 3.76. The van der Waals surface area contributed by atoms with Crippen LogP contribution in [-0.4, -0.2) is 49.0 Å². The average molecular weight is 404 g/mol. The Morgan fingerprint density at radius 1 is 1.14 bits per heavy atom. The number of ether oxygens (including phenoxy) is 2. The van der Waals surface area contributed by atoms with Crippen LogP contribution in [0.1, 0.15) is 25.7 Å². The molecule has 6 nitrogen and oxygen atoms in total. The van der Waals surface area contributed by atoms with Crippen molar-refractivity contribution >= 4 is 17.3 Å². The van der Waals surface area contributed by atoms with Gasteiger partial charge in [0.05, 0.1) is 26.0 Å². The molecule has 156 valence electrons. The second-order valence-corrected chi connectivity index (χ2v) is 7.49. The zero-order valence-corrected chi connectivity index (χ0v) is 16.3. The summed E-state index contributed by atoms with van der Waals surface area (Å²) in [6.07, 6.45) is 3.37. The molecule has 1 N–H and O–H groups in total. The summed E-state index contributed by atoms with van der Waals surface area (Å²) in [4.78, 5) is 10.4. The highest BCUT2D eigenvalue weighted by molar-refractivity contribution is 5.59. The Morgan fingerprint density at radius 2 is 1.90 bits per heavy atom. The molecule has 2 heterocycles. The molecular weight excluding hydrogens is 378 g/mol. The number of hydrogen-bond donors (Lipinski definition) is 1. The largest absolute Gasteiger partial charge is 0.475 e. The molecule has 2 fully saturated rings. The molecule has 1 saturated carbocycles. The molecule has 4 rings (SSSR count). The minimum Gasteiger partial charge on any atom is -0.475 e. The van der Waals surface area contributed by atoms with Crippen LogP contribution in [0.25, 0.3) is 0 Å². The second kappa shape index (κ2) is 9.35. The zero-order valence-electron chi connectivity index (χ0n) is 16.3. The zero-order chi connectivity index (χ0) is 20.1. The highest BCUT2D eigenvalue weighted by Crippen LogP contribution is 2.28. The number of hydrogen-bond acceptors (Lipinski definition) is 6. The summed E-state index contributed by atoms with van der Waals surface area (Å²) in [5.74, 6) is -0.766. The van der Waals surface area contributed by atoms with Gasteiger partial charge in [0.1, 0.15) is 6.17 Å². The first-order valence-corrected chi connectivity index (χ1v) is 10.2. The van der Waals surface area contributed by atoms with Crippen LogP contribution < -0.4 is 15.0 Å². The van der Waals surface area contributed by atoms with Gasteiger partial charge in [0.15, 0.2) is 0 Å². The van der Waals surface area contributed by atoms with Gasteiger partial charge < -0.3 is 19.7 Å². The summed E-state index contributed by atoms with van der Waals surface area (Å²) < 4.78 is 38.9. The summed E-state index contributed by atoms with van der Waals surface area (Å²) in [5, 5.41) is 3.06. The Balaban J connectivity index is 1.38. The molecule has 1 aliphatic carbocycles. The van der Waals surface area contributed by atoms with E-state index in [4.69, 9.17) is 9.47 Å². The first kappa shape index (κ1) is 19.8. The van der Waals surface area contributed by atoms with Crippen LogP contribution in [-0.2, 0) is 4.74 Å². The third kappa shape index (κ3) is 5.12. The summed E-state index contributed by atoms with van der Waals surface area (Å²) in [6, 6.07) is 7.87. The van der Waals surface area contributed by atoms with Crippen molar-refractivity contribution in [2.45, 2.75) is 31.9 Å². The fourth-order valence-electron chi connectivity index (χ4n) is 3.76. The Kier molecular flexibility index (Phi) is 6.39. The third-order valence-corrected chi connectivity index (χ3v) is 5.46. The molecule has 29 heavy (non-hydrogen) atoms. The number of aromatic nitrogens is 2. The summed E-state index contributed by atoms with van der Waals surface area (Å²) in [7, 11) is 0. The predicted octanol–water partition coefficient (Wildman–Crippen LogP) is 4.10. The fraction of sp³-hybridized carbons (Fsp3) is 0.524.